The van der Waals surface area contributed by atoms with Crippen LogP contribution in [0, 0.1) is 0 Å². The molecule has 92 valence electrons. The van der Waals surface area contributed by atoms with Gasteiger partial charge in [0, 0.05) is 24.6 Å². The highest BCUT2D eigenvalue weighted by Crippen LogP contribution is 2.41. The number of hydrogen-bond donors (Lipinski definition) is 1. The number of thiophene rings is 1. The summed E-state index contributed by atoms with van der Waals surface area (Å²) in [6, 6.07) is 0. The third-order valence-electron chi connectivity index (χ3n) is 2.66. The minimum atomic E-state index is 0.232. The van der Waals surface area contributed by atoms with Crippen molar-refractivity contribution in [1.29, 1.82) is 0 Å². The van der Waals surface area contributed by atoms with Crippen molar-refractivity contribution in [3.8, 4) is 0 Å². The first-order valence-corrected chi connectivity index (χ1v) is 8.09. The van der Waals surface area contributed by atoms with E-state index in [4.69, 9.17) is 0 Å². The summed E-state index contributed by atoms with van der Waals surface area (Å²) in [6.07, 6.45) is 2.37. The maximum absolute atomic E-state index is 3.65. The molecule has 0 spiro atoms. The van der Waals surface area contributed by atoms with Gasteiger partial charge in [0.25, 0.3) is 0 Å². The van der Waals surface area contributed by atoms with Crippen molar-refractivity contribution in [3.05, 3.63) is 19.2 Å². The average Bonchev–Trinajstić information content (AvgIpc) is 2.55. The van der Waals surface area contributed by atoms with E-state index < -0.39 is 0 Å². The van der Waals surface area contributed by atoms with E-state index in [1.54, 1.807) is 0 Å². The highest BCUT2D eigenvalue weighted by Gasteiger charge is 2.25. The molecule has 1 aromatic rings. The number of halogens is 2. The van der Waals surface area contributed by atoms with Crippen LogP contribution in [0.25, 0.3) is 0 Å². The number of rotatable bonds is 6. The summed E-state index contributed by atoms with van der Waals surface area (Å²) >= 11 is 9.03. The van der Waals surface area contributed by atoms with Crippen molar-refractivity contribution in [2.75, 3.05) is 13.1 Å². The minimum absolute atomic E-state index is 0.232. The van der Waals surface area contributed by atoms with E-state index in [0.29, 0.717) is 0 Å². The molecule has 0 radical (unpaired) electrons. The van der Waals surface area contributed by atoms with E-state index in [1.807, 2.05) is 11.3 Å². The van der Waals surface area contributed by atoms with Crippen molar-refractivity contribution in [2.45, 2.75) is 39.0 Å². The van der Waals surface area contributed by atoms with E-state index >= 15 is 0 Å². The monoisotopic (exact) mass is 367 g/mol. The fraction of sp³-hybridized carbons (Fsp3) is 0.667. The van der Waals surface area contributed by atoms with Crippen LogP contribution < -0.4 is 5.32 Å². The Balaban J connectivity index is 2.59. The summed E-state index contributed by atoms with van der Waals surface area (Å²) in [5.74, 6) is 0. The Morgan fingerprint density at radius 2 is 2.00 bits per heavy atom. The van der Waals surface area contributed by atoms with Crippen LogP contribution in [0.5, 0.6) is 0 Å². The van der Waals surface area contributed by atoms with Gasteiger partial charge < -0.3 is 5.32 Å². The van der Waals surface area contributed by atoms with Gasteiger partial charge in [-0.3, -0.25) is 0 Å². The van der Waals surface area contributed by atoms with Crippen LogP contribution in [0.2, 0.25) is 0 Å². The van der Waals surface area contributed by atoms with E-state index in [9.17, 15) is 0 Å². The predicted molar refractivity (Wildman–Crippen MR) is 80.5 cm³/mol. The second-order valence-electron chi connectivity index (χ2n) is 4.61. The van der Waals surface area contributed by atoms with Crippen LogP contribution in [0.4, 0.5) is 0 Å². The van der Waals surface area contributed by atoms with Gasteiger partial charge in [-0.1, -0.05) is 20.8 Å². The van der Waals surface area contributed by atoms with Gasteiger partial charge in [0.2, 0.25) is 0 Å². The molecule has 0 saturated heterocycles. The van der Waals surface area contributed by atoms with Crippen molar-refractivity contribution < 1.29 is 0 Å². The molecular weight excluding hydrogens is 350 g/mol. The lowest BCUT2D eigenvalue weighted by atomic mass is 9.87. The molecule has 16 heavy (non-hydrogen) atoms. The van der Waals surface area contributed by atoms with Crippen LogP contribution in [0.15, 0.2) is 14.3 Å². The minimum Gasteiger partial charge on any atom is -0.317 e. The molecule has 1 nitrogen and oxygen atoms in total. The number of hydrogen-bond acceptors (Lipinski definition) is 2. The van der Waals surface area contributed by atoms with Crippen molar-refractivity contribution >= 4 is 43.2 Å². The summed E-state index contributed by atoms with van der Waals surface area (Å²) in [5.41, 5.74) is 0.232. The highest BCUT2D eigenvalue weighted by atomic mass is 79.9. The lowest BCUT2D eigenvalue weighted by Gasteiger charge is -2.24. The smallest absolute Gasteiger partial charge is 0.0462 e. The standard InChI is InChI=1S/C12H19Br2NS/c1-4-6-15-7-5-12(2,3)11-10(14)9(13)8-16-11/h8,15H,4-7H2,1-3H3. The zero-order valence-corrected chi connectivity index (χ0v) is 14.1. The molecule has 4 heteroatoms. The molecule has 0 atom stereocenters. The van der Waals surface area contributed by atoms with Gasteiger partial charge in [0.15, 0.2) is 0 Å². The molecule has 0 fully saturated rings. The molecule has 1 aromatic heterocycles. The van der Waals surface area contributed by atoms with Crippen LogP contribution in [0.3, 0.4) is 0 Å². The second kappa shape index (κ2) is 6.53. The molecule has 1 rings (SSSR count). The Bertz CT molecular complexity index is 334. The molecule has 0 aromatic carbocycles. The zero-order valence-electron chi connectivity index (χ0n) is 10.1. The van der Waals surface area contributed by atoms with Gasteiger partial charge in [-0.15, -0.1) is 11.3 Å². The molecule has 1 N–H and O–H groups in total. The Morgan fingerprint density at radius 3 is 2.50 bits per heavy atom. The first-order chi connectivity index (χ1) is 7.49. The molecule has 1 heterocycles. The largest absolute Gasteiger partial charge is 0.317 e. The summed E-state index contributed by atoms with van der Waals surface area (Å²) < 4.78 is 2.39. The summed E-state index contributed by atoms with van der Waals surface area (Å²) in [7, 11) is 0. The number of nitrogens with one attached hydrogen (secondary N) is 1. The third-order valence-corrected chi connectivity index (χ3v) is 6.55. The third kappa shape index (κ3) is 3.83. The van der Waals surface area contributed by atoms with E-state index in [2.05, 4.69) is 63.3 Å². The molecule has 0 aliphatic heterocycles. The highest BCUT2D eigenvalue weighted by molar-refractivity contribution is 9.13. The van der Waals surface area contributed by atoms with Gasteiger partial charge in [-0.25, -0.2) is 0 Å². The average molecular weight is 369 g/mol. The van der Waals surface area contributed by atoms with Gasteiger partial charge in [-0.2, -0.15) is 0 Å². The summed E-state index contributed by atoms with van der Waals surface area (Å²) in [6.45, 7) is 9.02. The van der Waals surface area contributed by atoms with E-state index in [1.165, 1.54) is 26.7 Å². The Morgan fingerprint density at radius 1 is 1.31 bits per heavy atom. The normalized spacial score (nSPS) is 12.1. The summed E-state index contributed by atoms with van der Waals surface area (Å²) in [4.78, 5) is 1.43. The maximum atomic E-state index is 3.65. The van der Waals surface area contributed by atoms with Gasteiger partial charge in [-0.05, 0) is 57.8 Å². The molecule has 0 bridgehead atoms. The first-order valence-electron chi connectivity index (χ1n) is 5.62. The lowest BCUT2D eigenvalue weighted by Crippen LogP contribution is -2.25. The Kier molecular flexibility index (Phi) is 5.99. The topological polar surface area (TPSA) is 12.0 Å². The fourth-order valence-electron chi connectivity index (χ4n) is 1.60. The predicted octanol–water partition coefficient (Wildman–Crippen LogP) is 4.94. The van der Waals surface area contributed by atoms with Crippen molar-refractivity contribution in [3.63, 3.8) is 0 Å². The van der Waals surface area contributed by atoms with Crippen molar-refractivity contribution in [1.82, 2.24) is 5.32 Å². The SMILES string of the molecule is CCCNCCC(C)(C)c1scc(Br)c1Br. The molecule has 0 unspecified atom stereocenters. The van der Waals surface area contributed by atoms with Crippen LogP contribution in [-0.4, -0.2) is 13.1 Å². The fourth-order valence-corrected chi connectivity index (χ4v) is 4.26. The molecule has 0 amide bonds. The molecule has 0 aliphatic rings. The quantitative estimate of drug-likeness (QED) is 0.701. The van der Waals surface area contributed by atoms with E-state index in [0.717, 1.165) is 13.1 Å². The Hall–Kier alpha value is 0.620. The Labute approximate surface area is 119 Å². The second-order valence-corrected chi connectivity index (χ2v) is 7.14. The summed E-state index contributed by atoms with van der Waals surface area (Å²) in [5, 5.41) is 5.62. The van der Waals surface area contributed by atoms with Crippen LogP contribution in [-0.2, 0) is 5.41 Å². The first kappa shape index (κ1) is 14.7. The van der Waals surface area contributed by atoms with E-state index in [-0.39, 0.29) is 5.41 Å². The van der Waals surface area contributed by atoms with Crippen LogP contribution >= 0.6 is 43.2 Å². The van der Waals surface area contributed by atoms with Gasteiger partial charge >= 0.3 is 0 Å². The maximum Gasteiger partial charge on any atom is 0.0462 e. The van der Waals surface area contributed by atoms with Gasteiger partial charge in [0.1, 0.15) is 0 Å². The van der Waals surface area contributed by atoms with Gasteiger partial charge in [0.05, 0.1) is 0 Å². The van der Waals surface area contributed by atoms with Crippen molar-refractivity contribution in [2.24, 2.45) is 0 Å². The molecule has 0 saturated carbocycles. The lowest BCUT2D eigenvalue weighted by molar-refractivity contribution is 0.463. The molecule has 0 aliphatic carbocycles. The zero-order chi connectivity index (χ0) is 12.2. The molecular formula is C12H19Br2NS. The van der Waals surface area contributed by atoms with Crippen LogP contribution in [0.1, 0.15) is 38.5 Å².